The Morgan fingerprint density at radius 3 is 2.84 bits per heavy atom. The molecule has 0 bridgehead atoms. The van der Waals surface area contributed by atoms with Crippen molar-refractivity contribution in [3.8, 4) is 5.75 Å². The van der Waals surface area contributed by atoms with Crippen molar-refractivity contribution >= 4 is 21.8 Å². The summed E-state index contributed by atoms with van der Waals surface area (Å²) >= 11 is 3.26. The molecule has 1 aromatic rings. The molecule has 106 valence electrons. The largest absolute Gasteiger partial charge is 0.496 e. The maximum atomic E-state index is 11.9. The molecule has 0 radical (unpaired) electrons. The highest BCUT2D eigenvalue weighted by Crippen LogP contribution is 2.22. The zero-order valence-electron chi connectivity index (χ0n) is 10.3. The first-order valence-corrected chi connectivity index (χ1v) is 6.31. The van der Waals surface area contributed by atoms with E-state index >= 15 is 0 Å². The van der Waals surface area contributed by atoms with E-state index in [0.717, 1.165) is 4.47 Å². The molecule has 19 heavy (non-hydrogen) atoms. The van der Waals surface area contributed by atoms with Crippen molar-refractivity contribution in [2.75, 3.05) is 26.9 Å². The minimum absolute atomic E-state index is 0.0341. The molecular weight excluding hydrogens is 324 g/mol. The van der Waals surface area contributed by atoms with Gasteiger partial charge in [0.05, 0.1) is 19.3 Å². The van der Waals surface area contributed by atoms with Crippen LogP contribution in [0.5, 0.6) is 5.75 Å². The van der Waals surface area contributed by atoms with Crippen molar-refractivity contribution < 1.29 is 23.0 Å². The second-order valence-electron chi connectivity index (χ2n) is 3.57. The van der Waals surface area contributed by atoms with Gasteiger partial charge in [-0.05, 0) is 18.2 Å². The van der Waals surface area contributed by atoms with Crippen LogP contribution in [0.25, 0.3) is 0 Å². The van der Waals surface area contributed by atoms with E-state index in [1.807, 2.05) is 0 Å². The van der Waals surface area contributed by atoms with E-state index < -0.39 is 13.0 Å². The van der Waals surface area contributed by atoms with Crippen LogP contribution in [0.3, 0.4) is 0 Å². The van der Waals surface area contributed by atoms with Crippen LogP contribution in [0.15, 0.2) is 22.7 Å². The molecule has 0 aromatic heterocycles. The van der Waals surface area contributed by atoms with E-state index in [-0.39, 0.29) is 19.1 Å². The van der Waals surface area contributed by atoms with Crippen LogP contribution in [0.2, 0.25) is 0 Å². The average molecular weight is 338 g/mol. The van der Waals surface area contributed by atoms with Gasteiger partial charge >= 0.3 is 0 Å². The molecule has 0 aliphatic heterocycles. The zero-order chi connectivity index (χ0) is 14.3. The van der Waals surface area contributed by atoms with Crippen molar-refractivity contribution in [1.29, 1.82) is 0 Å². The number of amides is 1. The highest BCUT2D eigenvalue weighted by Gasteiger charge is 2.12. The highest BCUT2D eigenvalue weighted by molar-refractivity contribution is 9.10. The van der Waals surface area contributed by atoms with Crippen molar-refractivity contribution in [1.82, 2.24) is 5.32 Å². The van der Waals surface area contributed by atoms with Crippen molar-refractivity contribution in [2.24, 2.45) is 0 Å². The fraction of sp³-hybridized carbons (Fsp3) is 0.417. The van der Waals surface area contributed by atoms with Crippen LogP contribution in [0.4, 0.5) is 8.78 Å². The molecule has 1 amide bonds. The Balaban J connectivity index is 2.47. The van der Waals surface area contributed by atoms with Gasteiger partial charge in [-0.1, -0.05) is 15.9 Å². The number of benzene rings is 1. The second kappa shape index (κ2) is 8.06. The fourth-order valence-corrected chi connectivity index (χ4v) is 1.72. The topological polar surface area (TPSA) is 47.6 Å². The SMILES string of the molecule is COc1ccc(Br)cc1C(=O)NCCOCC(F)F. The molecule has 0 saturated carbocycles. The van der Waals surface area contributed by atoms with Crippen molar-refractivity contribution in [2.45, 2.75) is 6.43 Å². The summed E-state index contributed by atoms with van der Waals surface area (Å²) < 4.78 is 34.1. The number of carbonyl (C=O) groups excluding carboxylic acids is 1. The van der Waals surface area contributed by atoms with Crippen LogP contribution in [-0.4, -0.2) is 39.2 Å². The van der Waals surface area contributed by atoms with Gasteiger partial charge in [-0.3, -0.25) is 4.79 Å². The quantitative estimate of drug-likeness (QED) is 0.777. The first-order valence-electron chi connectivity index (χ1n) is 5.52. The number of halogens is 3. The van der Waals surface area contributed by atoms with E-state index in [1.54, 1.807) is 18.2 Å². The number of hydrogen-bond donors (Lipinski definition) is 1. The first-order chi connectivity index (χ1) is 9.04. The Hall–Kier alpha value is -1.21. The standard InChI is InChI=1S/C12H14BrF2NO3/c1-18-10-3-2-8(13)6-9(10)12(17)16-4-5-19-7-11(14)15/h2-3,6,11H,4-5,7H2,1H3,(H,16,17). The number of rotatable bonds is 7. The molecule has 0 aliphatic carbocycles. The summed E-state index contributed by atoms with van der Waals surface area (Å²) in [4.78, 5) is 11.9. The van der Waals surface area contributed by atoms with E-state index in [0.29, 0.717) is 11.3 Å². The van der Waals surface area contributed by atoms with Gasteiger partial charge in [0.1, 0.15) is 12.4 Å². The summed E-state index contributed by atoms with van der Waals surface area (Å²) in [6.07, 6.45) is -2.50. The van der Waals surface area contributed by atoms with Crippen LogP contribution >= 0.6 is 15.9 Å². The van der Waals surface area contributed by atoms with E-state index in [2.05, 4.69) is 26.0 Å². The molecule has 0 heterocycles. The van der Waals surface area contributed by atoms with Gasteiger partial charge in [0, 0.05) is 11.0 Å². The number of alkyl halides is 2. The van der Waals surface area contributed by atoms with Crippen molar-refractivity contribution in [3.05, 3.63) is 28.2 Å². The lowest BCUT2D eigenvalue weighted by Gasteiger charge is -2.10. The maximum absolute atomic E-state index is 11.9. The molecule has 0 saturated heterocycles. The Morgan fingerprint density at radius 1 is 1.47 bits per heavy atom. The monoisotopic (exact) mass is 337 g/mol. The van der Waals surface area contributed by atoms with Crippen LogP contribution in [0.1, 0.15) is 10.4 Å². The molecule has 0 atom stereocenters. The molecule has 0 fully saturated rings. The Labute approximate surface area is 118 Å². The van der Waals surface area contributed by atoms with Gasteiger partial charge in [-0.15, -0.1) is 0 Å². The Morgan fingerprint density at radius 2 is 2.21 bits per heavy atom. The lowest BCUT2D eigenvalue weighted by molar-refractivity contribution is 0.0188. The lowest BCUT2D eigenvalue weighted by Crippen LogP contribution is -2.28. The van der Waals surface area contributed by atoms with E-state index in [1.165, 1.54) is 7.11 Å². The van der Waals surface area contributed by atoms with Crippen LogP contribution < -0.4 is 10.1 Å². The number of ether oxygens (including phenoxy) is 2. The number of nitrogens with one attached hydrogen (secondary N) is 1. The minimum atomic E-state index is -2.50. The van der Waals surface area contributed by atoms with Crippen LogP contribution in [0, 0.1) is 0 Å². The van der Waals surface area contributed by atoms with Crippen LogP contribution in [-0.2, 0) is 4.74 Å². The molecule has 0 spiro atoms. The smallest absolute Gasteiger partial charge is 0.261 e. The summed E-state index contributed by atoms with van der Waals surface area (Å²) in [5.74, 6) is 0.0907. The Bertz CT molecular complexity index is 429. The molecular formula is C12H14BrF2NO3. The van der Waals surface area contributed by atoms with E-state index in [9.17, 15) is 13.6 Å². The third-order valence-electron chi connectivity index (χ3n) is 2.18. The van der Waals surface area contributed by atoms with Gasteiger partial charge < -0.3 is 14.8 Å². The third-order valence-corrected chi connectivity index (χ3v) is 2.68. The summed E-state index contributed by atoms with van der Waals surface area (Å²) in [5.41, 5.74) is 0.366. The fourth-order valence-electron chi connectivity index (χ4n) is 1.36. The molecule has 0 aliphatic rings. The molecule has 0 unspecified atom stereocenters. The zero-order valence-corrected chi connectivity index (χ0v) is 11.9. The minimum Gasteiger partial charge on any atom is -0.496 e. The van der Waals surface area contributed by atoms with E-state index in [4.69, 9.17) is 4.74 Å². The Kier molecular flexibility index (Phi) is 6.72. The van der Waals surface area contributed by atoms with Gasteiger partial charge in [0.15, 0.2) is 0 Å². The first kappa shape index (κ1) is 15.8. The summed E-state index contributed by atoms with van der Waals surface area (Å²) in [7, 11) is 1.46. The molecule has 1 aromatic carbocycles. The maximum Gasteiger partial charge on any atom is 0.261 e. The predicted octanol–water partition coefficient (Wildman–Crippen LogP) is 2.47. The average Bonchev–Trinajstić information content (AvgIpc) is 2.37. The van der Waals surface area contributed by atoms with Gasteiger partial charge in [0.25, 0.3) is 12.3 Å². The molecule has 1 rings (SSSR count). The number of carbonyl (C=O) groups is 1. The van der Waals surface area contributed by atoms with Gasteiger partial charge in [0.2, 0.25) is 0 Å². The molecule has 4 nitrogen and oxygen atoms in total. The number of hydrogen-bond acceptors (Lipinski definition) is 3. The summed E-state index contributed by atoms with van der Waals surface area (Å²) in [5, 5.41) is 2.56. The van der Waals surface area contributed by atoms with Gasteiger partial charge in [-0.2, -0.15) is 0 Å². The highest BCUT2D eigenvalue weighted by atomic mass is 79.9. The summed E-state index contributed by atoms with van der Waals surface area (Å²) in [6, 6.07) is 5.03. The van der Waals surface area contributed by atoms with Crippen molar-refractivity contribution in [3.63, 3.8) is 0 Å². The third kappa shape index (κ3) is 5.52. The lowest BCUT2D eigenvalue weighted by atomic mass is 10.2. The van der Waals surface area contributed by atoms with Gasteiger partial charge in [-0.25, -0.2) is 8.78 Å². The molecule has 1 N–H and O–H groups in total. The second-order valence-corrected chi connectivity index (χ2v) is 4.48. The predicted molar refractivity (Wildman–Crippen MR) is 69.9 cm³/mol. The molecule has 7 heteroatoms. The summed E-state index contributed by atoms with van der Waals surface area (Å²) in [6.45, 7) is -0.441. The normalized spacial score (nSPS) is 10.6. The number of methoxy groups -OCH3 is 1.